The number of hydrogen-bond donors (Lipinski definition) is 6. The van der Waals surface area contributed by atoms with Gasteiger partial charge in [0.05, 0.1) is 0 Å². The maximum absolute atomic E-state index is 12.7. The van der Waals surface area contributed by atoms with E-state index in [1.54, 1.807) is 72.8 Å². The van der Waals surface area contributed by atoms with Gasteiger partial charge in [-0.05, 0) is 115 Å². The van der Waals surface area contributed by atoms with Crippen molar-refractivity contribution in [3.05, 3.63) is 103 Å². The topological polar surface area (TPSA) is 186 Å². The maximum atomic E-state index is 12.7. The average molecular weight is 749 g/mol. The molecule has 282 valence electrons. The maximum Gasteiger partial charge on any atom is 0.410 e. The van der Waals surface area contributed by atoms with E-state index < -0.39 is 23.5 Å². The Kier molecular flexibility index (Phi) is 13.1. The highest BCUT2D eigenvalue weighted by Crippen LogP contribution is 2.38. The van der Waals surface area contributed by atoms with Crippen molar-refractivity contribution in [2.45, 2.75) is 52.2 Å². The summed E-state index contributed by atoms with van der Waals surface area (Å²) in [7, 11) is 0. The Morgan fingerprint density at radius 1 is 0.698 bits per heavy atom. The van der Waals surface area contributed by atoms with Crippen LogP contribution in [-0.2, 0) is 27.3 Å². The Hall–Kier alpha value is -5.83. The molecule has 53 heavy (non-hydrogen) atoms. The molecule has 14 nitrogen and oxygen atoms in total. The predicted octanol–water partition coefficient (Wildman–Crippen LogP) is 6.80. The van der Waals surface area contributed by atoms with Gasteiger partial charge in [-0.1, -0.05) is 32.9 Å². The summed E-state index contributed by atoms with van der Waals surface area (Å²) in [4.78, 5) is 25.4. The largest absolute Gasteiger partial charge is 0.508 e. The van der Waals surface area contributed by atoms with E-state index in [0.29, 0.717) is 42.3 Å². The van der Waals surface area contributed by atoms with Crippen LogP contribution in [0.15, 0.2) is 97.1 Å². The normalized spacial score (nSPS) is 18.1. The fourth-order valence-electron chi connectivity index (χ4n) is 5.79. The van der Waals surface area contributed by atoms with Crippen LogP contribution in [0.4, 0.5) is 21.0 Å². The summed E-state index contributed by atoms with van der Waals surface area (Å²) >= 11 is -1.87. The Labute approximate surface area is 310 Å². The molecule has 1 saturated carbocycles. The molecule has 15 heteroatoms. The van der Waals surface area contributed by atoms with Gasteiger partial charge < -0.3 is 49.3 Å². The second-order valence-corrected chi connectivity index (χ2v) is 14.1. The first-order valence-electron chi connectivity index (χ1n) is 16.9. The molecule has 0 heterocycles. The molecular formula is C38H44N4O10S. The summed E-state index contributed by atoms with van der Waals surface area (Å²) < 4.78 is 42.0. The van der Waals surface area contributed by atoms with Gasteiger partial charge in [0.2, 0.25) is 13.6 Å². The quantitative estimate of drug-likeness (QED) is 0.0555. The van der Waals surface area contributed by atoms with Gasteiger partial charge in [0.1, 0.15) is 28.7 Å². The molecule has 5 rings (SSSR count). The predicted molar refractivity (Wildman–Crippen MR) is 199 cm³/mol. The number of ether oxygens (including phenoxy) is 4. The van der Waals surface area contributed by atoms with E-state index in [-0.39, 0.29) is 48.5 Å². The van der Waals surface area contributed by atoms with Crippen LogP contribution in [-0.4, -0.2) is 52.3 Å². The monoisotopic (exact) mass is 748 g/mol. The number of carbonyl (C=O) groups excluding carboxylic acids is 2. The molecule has 4 atom stereocenters. The van der Waals surface area contributed by atoms with Crippen LogP contribution in [0.3, 0.4) is 0 Å². The molecule has 0 radical (unpaired) electrons. The molecule has 4 aromatic carbocycles. The van der Waals surface area contributed by atoms with E-state index >= 15 is 0 Å². The van der Waals surface area contributed by atoms with Gasteiger partial charge in [0, 0.05) is 30.0 Å². The Morgan fingerprint density at radius 3 is 1.66 bits per heavy atom. The number of phenolic OH excluding ortho intramolecular Hbond substituents is 2. The highest BCUT2D eigenvalue weighted by atomic mass is 32.2. The van der Waals surface area contributed by atoms with Crippen molar-refractivity contribution in [1.29, 1.82) is 0 Å². The van der Waals surface area contributed by atoms with Crippen molar-refractivity contribution in [3.63, 3.8) is 0 Å². The van der Waals surface area contributed by atoms with Gasteiger partial charge in [-0.25, -0.2) is 9.59 Å². The zero-order valence-corrected chi connectivity index (χ0v) is 30.4. The average Bonchev–Trinajstić information content (AvgIpc) is 3.12. The number of alkyl carbamates (subject to hydrolysis) is 2. The third-order valence-electron chi connectivity index (χ3n) is 8.60. The van der Waals surface area contributed by atoms with Crippen molar-refractivity contribution >= 4 is 34.8 Å². The molecule has 0 saturated heterocycles. The molecule has 0 bridgehead atoms. The van der Waals surface area contributed by atoms with Crippen LogP contribution >= 0.6 is 0 Å². The van der Waals surface area contributed by atoms with E-state index in [0.717, 1.165) is 11.3 Å². The zero-order valence-electron chi connectivity index (χ0n) is 29.6. The number of amides is 2. The minimum absolute atomic E-state index is 0.0907. The van der Waals surface area contributed by atoms with Crippen molar-refractivity contribution in [1.82, 2.24) is 10.6 Å². The summed E-state index contributed by atoms with van der Waals surface area (Å²) in [5.41, 5.74) is 2.22. The van der Waals surface area contributed by atoms with Crippen LogP contribution in [0, 0.1) is 11.3 Å². The first-order valence-corrected chi connectivity index (χ1v) is 18.0. The molecule has 0 aromatic heterocycles. The fourth-order valence-corrected chi connectivity index (χ4v) is 6.45. The van der Waals surface area contributed by atoms with E-state index in [4.69, 9.17) is 23.1 Å². The minimum atomic E-state index is -1.87. The number of anilines is 2. The lowest BCUT2D eigenvalue weighted by Crippen LogP contribution is -2.56. The molecule has 1 aliphatic rings. The number of phenols is 2. The molecule has 1 aliphatic carbocycles. The summed E-state index contributed by atoms with van der Waals surface area (Å²) in [5, 5.41) is 27.9. The Bertz CT molecular complexity index is 1810. The van der Waals surface area contributed by atoms with Crippen LogP contribution in [0.5, 0.6) is 28.7 Å². The number of nitrogens with one attached hydrogen (secondary N) is 4. The number of rotatable bonds is 15. The lowest BCUT2D eigenvalue weighted by molar-refractivity contribution is 0.0398. The Balaban J connectivity index is 0.996. The van der Waals surface area contributed by atoms with Crippen molar-refractivity contribution < 1.29 is 47.1 Å². The number of aromatic hydroxyl groups is 2. The summed E-state index contributed by atoms with van der Waals surface area (Å²) in [6.07, 6.45) is 0.0679. The third-order valence-corrected chi connectivity index (χ3v) is 9.35. The zero-order chi connectivity index (χ0) is 37.8. The smallest absolute Gasteiger partial charge is 0.410 e. The van der Waals surface area contributed by atoms with E-state index in [2.05, 4.69) is 34.5 Å². The molecule has 4 unspecified atom stereocenters. The van der Waals surface area contributed by atoms with Crippen LogP contribution in [0.1, 0.15) is 39.2 Å². The molecule has 2 amide bonds. The fraction of sp³-hybridized carbons (Fsp3) is 0.316. The second kappa shape index (κ2) is 18.1. The highest BCUT2D eigenvalue weighted by molar-refractivity contribution is 7.81. The first kappa shape index (κ1) is 38.4. The third kappa shape index (κ3) is 12.4. The summed E-state index contributed by atoms with van der Waals surface area (Å²) in [6.45, 7) is 6.05. The van der Waals surface area contributed by atoms with Crippen LogP contribution in [0.25, 0.3) is 0 Å². The Morgan fingerprint density at radius 2 is 1.15 bits per heavy atom. The molecule has 0 spiro atoms. The van der Waals surface area contributed by atoms with Gasteiger partial charge in [-0.2, -0.15) is 4.21 Å². The highest BCUT2D eigenvalue weighted by Gasteiger charge is 2.41. The first-order chi connectivity index (χ1) is 25.4. The van der Waals surface area contributed by atoms with Crippen molar-refractivity contribution in [2.24, 2.45) is 11.3 Å². The molecule has 4 aromatic rings. The van der Waals surface area contributed by atoms with E-state index in [1.165, 1.54) is 12.1 Å². The molecule has 6 N–H and O–H groups in total. The summed E-state index contributed by atoms with van der Waals surface area (Å²) in [6, 6.07) is 25.9. The SMILES string of the molecule is CC1C(NC(=O)OCOc2ccc(CNc3ccc(O)cc3)cc2)CC(C)(C)CC1NC(=O)OCOc1ccc(OS(=O)Nc2ccc(O)cc2)cc1. The number of benzene rings is 4. The van der Waals surface area contributed by atoms with Crippen LogP contribution < -0.4 is 34.3 Å². The molecule has 1 fully saturated rings. The van der Waals surface area contributed by atoms with E-state index in [1.807, 2.05) is 19.1 Å². The lowest BCUT2D eigenvalue weighted by atomic mass is 9.68. The van der Waals surface area contributed by atoms with E-state index in [9.17, 15) is 24.0 Å². The van der Waals surface area contributed by atoms with Crippen LogP contribution in [0.2, 0.25) is 0 Å². The van der Waals surface area contributed by atoms with Gasteiger partial charge in [0.15, 0.2) is 0 Å². The number of hydrogen-bond acceptors (Lipinski definition) is 11. The summed E-state index contributed by atoms with van der Waals surface area (Å²) in [5.74, 6) is 1.43. The van der Waals surface area contributed by atoms with Gasteiger partial charge in [-0.3, -0.25) is 4.72 Å². The van der Waals surface area contributed by atoms with Gasteiger partial charge in [-0.15, -0.1) is 0 Å². The van der Waals surface area contributed by atoms with Gasteiger partial charge >= 0.3 is 23.5 Å². The molecular weight excluding hydrogens is 705 g/mol. The standard InChI is InChI=1S/C38H44N4O10S/c1-25-34(40-36(45)50-23-48-31-14-4-26(5-15-31)22-39-27-6-10-29(43)11-7-27)20-38(2,3)21-35(25)41-37(46)51-24-49-32-16-18-33(19-17-32)52-53(47)42-28-8-12-30(44)13-9-28/h4-19,25,34-35,39,42-44H,20-24H2,1-3H3,(H,40,45)(H,41,46). The minimum Gasteiger partial charge on any atom is -0.508 e. The lowest BCUT2D eigenvalue weighted by Gasteiger charge is -2.44. The molecule has 0 aliphatic heterocycles. The van der Waals surface area contributed by atoms with Crippen molar-refractivity contribution in [3.8, 4) is 28.7 Å². The van der Waals surface area contributed by atoms with Crippen molar-refractivity contribution in [2.75, 3.05) is 23.6 Å². The van der Waals surface area contributed by atoms with Gasteiger partial charge in [0.25, 0.3) is 0 Å². The number of carbonyl (C=O) groups is 2. The second-order valence-electron chi connectivity index (χ2n) is 13.3.